The minimum absolute atomic E-state index is 0.220. The third-order valence-electron chi connectivity index (χ3n) is 5.62. The Morgan fingerprint density at radius 3 is 2.46 bits per heavy atom. The fourth-order valence-electron chi connectivity index (χ4n) is 3.95. The minimum atomic E-state index is -0.292. The van der Waals surface area contributed by atoms with Crippen molar-refractivity contribution in [2.45, 2.75) is 13.0 Å². The van der Waals surface area contributed by atoms with Crippen LogP contribution in [0.5, 0.6) is 0 Å². The predicted molar refractivity (Wildman–Crippen MR) is 105 cm³/mol. The number of benzene rings is 1. The summed E-state index contributed by atoms with van der Waals surface area (Å²) in [7, 11) is 0. The van der Waals surface area contributed by atoms with Crippen LogP contribution >= 0.6 is 0 Å². The van der Waals surface area contributed by atoms with Crippen molar-refractivity contribution in [2.75, 3.05) is 65.6 Å². The van der Waals surface area contributed by atoms with Gasteiger partial charge in [-0.2, -0.15) is 0 Å². The lowest BCUT2D eigenvalue weighted by molar-refractivity contribution is -0.135. The molecule has 0 atom stereocenters. The summed E-state index contributed by atoms with van der Waals surface area (Å²) in [5.74, 6) is -0.0716. The van der Waals surface area contributed by atoms with Crippen LogP contribution in [0.1, 0.15) is 6.42 Å². The molecule has 0 bridgehead atoms. The largest absolute Gasteiger partial charge is 0.419 e. The van der Waals surface area contributed by atoms with E-state index in [9.17, 15) is 9.59 Å². The molecular formula is C20H28N4O4. The second kappa shape index (κ2) is 8.89. The molecule has 2 aromatic rings. The number of carbonyl (C=O) groups is 1. The molecule has 152 valence electrons. The summed E-state index contributed by atoms with van der Waals surface area (Å²) in [6.07, 6.45) is 0.880. The molecule has 2 aliphatic rings. The van der Waals surface area contributed by atoms with Crippen molar-refractivity contribution in [3.63, 3.8) is 0 Å². The first-order valence-corrected chi connectivity index (χ1v) is 10.1. The maximum absolute atomic E-state index is 12.5. The van der Waals surface area contributed by atoms with Crippen molar-refractivity contribution in [2.24, 2.45) is 0 Å². The van der Waals surface area contributed by atoms with E-state index in [0.717, 1.165) is 71.0 Å². The van der Waals surface area contributed by atoms with Gasteiger partial charge in [-0.1, -0.05) is 12.1 Å². The van der Waals surface area contributed by atoms with Gasteiger partial charge >= 0.3 is 5.76 Å². The molecule has 1 aromatic carbocycles. The van der Waals surface area contributed by atoms with Crippen molar-refractivity contribution < 1.29 is 13.9 Å². The number of carbonyl (C=O) groups excluding carboxylic acids is 1. The van der Waals surface area contributed by atoms with Crippen LogP contribution in [-0.4, -0.2) is 90.7 Å². The van der Waals surface area contributed by atoms with Crippen LogP contribution in [-0.2, 0) is 16.1 Å². The highest BCUT2D eigenvalue weighted by Crippen LogP contribution is 2.12. The highest BCUT2D eigenvalue weighted by Gasteiger charge is 2.23. The van der Waals surface area contributed by atoms with Crippen LogP contribution in [0.3, 0.4) is 0 Å². The number of para-hydroxylation sites is 2. The number of oxazole rings is 1. The number of amides is 1. The summed E-state index contributed by atoms with van der Waals surface area (Å²) < 4.78 is 12.3. The molecule has 28 heavy (non-hydrogen) atoms. The van der Waals surface area contributed by atoms with E-state index in [1.54, 1.807) is 4.57 Å². The first-order chi connectivity index (χ1) is 13.7. The maximum atomic E-state index is 12.5. The molecule has 4 rings (SSSR count). The van der Waals surface area contributed by atoms with Gasteiger partial charge in [0.1, 0.15) is 0 Å². The predicted octanol–water partition coefficient (Wildman–Crippen LogP) is 0.461. The molecule has 0 radical (unpaired) electrons. The Bertz CT molecular complexity index is 847. The highest BCUT2D eigenvalue weighted by molar-refractivity contribution is 5.78. The van der Waals surface area contributed by atoms with Gasteiger partial charge in [-0.15, -0.1) is 0 Å². The maximum Gasteiger partial charge on any atom is 0.419 e. The number of hydrogen-bond donors (Lipinski definition) is 0. The fourth-order valence-corrected chi connectivity index (χ4v) is 3.95. The summed E-state index contributed by atoms with van der Waals surface area (Å²) in [6.45, 7) is 8.50. The molecule has 8 nitrogen and oxygen atoms in total. The van der Waals surface area contributed by atoms with Gasteiger partial charge in [-0.25, -0.2) is 4.79 Å². The first kappa shape index (κ1) is 19.2. The van der Waals surface area contributed by atoms with Gasteiger partial charge in [-0.05, 0) is 25.1 Å². The average molecular weight is 388 g/mol. The summed E-state index contributed by atoms with van der Waals surface area (Å²) in [6, 6.07) is 7.52. The van der Waals surface area contributed by atoms with Gasteiger partial charge in [0.05, 0.1) is 25.3 Å². The van der Waals surface area contributed by atoms with E-state index in [1.165, 1.54) is 0 Å². The SMILES string of the molecule is O=C(CN1CCOCC1)N1CCN(CCCn2c(=O)oc3ccccc32)CC1. The number of piperazine rings is 1. The lowest BCUT2D eigenvalue weighted by Gasteiger charge is -2.36. The molecule has 8 heteroatoms. The molecule has 0 aliphatic carbocycles. The normalized spacial score (nSPS) is 19.4. The van der Waals surface area contributed by atoms with E-state index in [1.807, 2.05) is 29.2 Å². The van der Waals surface area contributed by atoms with E-state index in [4.69, 9.17) is 9.15 Å². The number of rotatable bonds is 6. The minimum Gasteiger partial charge on any atom is -0.408 e. The molecule has 0 saturated carbocycles. The topological polar surface area (TPSA) is 71.2 Å². The van der Waals surface area contributed by atoms with Gasteiger partial charge in [0.25, 0.3) is 0 Å². The first-order valence-electron chi connectivity index (χ1n) is 10.1. The molecule has 2 saturated heterocycles. The zero-order chi connectivity index (χ0) is 19.3. The third kappa shape index (κ3) is 4.45. The van der Waals surface area contributed by atoms with Crippen LogP contribution in [0, 0.1) is 0 Å². The average Bonchev–Trinajstić information content (AvgIpc) is 3.04. The number of morpholine rings is 1. The standard InChI is InChI=1S/C20H28N4O4/c25-19(16-22-12-14-27-15-13-22)23-10-8-21(9-11-23)6-3-7-24-17-4-1-2-5-18(17)28-20(24)26/h1-2,4-5H,3,6-16H2. The smallest absolute Gasteiger partial charge is 0.408 e. The van der Waals surface area contributed by atoms with Crippen molar-refractivity contribution in [3.05, 3.63) is 34.8 Å². The number of fused-ring (bicyclic) bond motifs is 1. The molecule has 2 aliphatic heterocycles. The van der Waals surface area contributed by atoms with Gasteiger partial charge in [0.2, 0.25) is 5.91 Å². The molecule has 1 amide bonds. The van der Waals surface area contributed by atoms with E-state index in [-0.39, 0.29) is 11.7 Å². The summed E-state index contributed by atoms with van der Waals surface area (Å²) in [5, 5.41) is 0. The number of aryl methyl sites for hydroxylation is 1. The van der Waals surface area contributed by atoms with Gasteiger partial charge in [-0.3, -0.25) is 19.2 Å². The zero-order valence-corrected chi connectivity index (χ0v) is 16.2. The Labute approximate surface area is 164 Å². The van der Waals surface area contributed by atoms with Crippen molar-refractivity contribution in [1.82, 2.24) is 19.3 Å². The van der Waals surface area contributed by atoms with E-state index in [2.05, 4.69) is 9.80 Å². The molecule has 0 unspecified atom stereocenters. The van der Waals surface area contributed by atoms with E-state index < -0.39 is 0 Å². The second-order valence-electron chi connectivity index (χ2n) is 7.45. The number of aromatic nitrogens is 1. The third-order valence-corrected chi connectivity index (χ3v) is 5.62. The van der Waals surface area contributed by atoms with Gasteiger partial charge < -0.3 is 14.1 Å². The number of ether oxygens (including phenoxy) is 1. The van der Waals surface area contributed by atoms with Crippen LogP contribution in [0.15, 0.2) is 33.5 Å². The lowest BCUT2D eigenvalue weighted by Crippen LogP contribution is -2.52. The molecule has 0 spiro atoms. The fraction of sp³-hybridized carbons (Fsp3) is 0.600. The second-order valence-corrected chi connectivity index (χ2v) is 7.45. The Morgan fingerprint density at radius 2 is 1.68 bits per heavy atom. The van der Waals surface area contributed by atoms with E-state index in [0.29, 0.717) is 18.7 Å². The van der Waals surface area contributed by atoms with E-state index >= 15 is 0 Å². The summed E-state index contributed by atoms with van der Waals surface area (Å²) >= 11 is 0. The molecule has 3 heterocycles. The van der Waals surface area contributed by atoms with Crippen LogP contribution in [0.4, 0.5) is 0 Å². The molecule has 0 N–H and O–H groups in total. The Kier molecular flexibility index (Phi) is 6.09. The van der Waals surface area contributed by atoms with Crippen LogP contribution in [0.25, 0.3) is 11.1 Å². The zero-order valence-electron chi connectivity index (χ0n) is 16.2. The Morgan fingerprint density at radius 1 is 0.929 bits per heavy atom. The summed E-state index contributed by atoms with van der Waals surface area (Å²) in [4.78, 5) is 31.0. The molecular weight excluding hydrogens is 360 g/mol. The monoisotopic (exact) mass is 388 g/mol. The number of hydrogen-bond acceptors (Lipinski definition) is 6. The van der Waals surface area contributed by atoms with Crippen LogP contribution in [0.2, 0.25) is 0 Å². The molecule has 2 fully saturated rings. The Hall–Kier alpha value is -2.16. The quantitative estimate of drug-likeness (QED) is 0.716. The van der Waals surface area contributed by atoms with Gasteiger partial charge in [0, 0.05) is 45.8 Å². The van der Waals surface area contributed by atoms with Crippen molar-refractivity contribution in [3.8, 4) is 0 Å². The highest BCUT2D eigenvalue weighted by atomic mass is 16.5. The van der Waals surface area contributed by atoms with Crippen molar-refractivity contribution >= 4 is 17.0 Å². The van der Waals surface area contributed by atoms with Crippen LogP contribution < -0.4 is 5.76 Å². The lowest BCUT2D eigenvalue weighted by atomic mass is 10.2. The molecule has 1 aromatic heterocycles. The van der Waals surface area contributed by atoms with Crippen molar-refractivity contribution in [1.29, 1.82) is 0 Å². The Balaban J connectivity index is 1.21. The van der Waals surface area contributed by atoms with Gasteiger partial charge in [0.15, 0.2) is 5.58 Å². The number of nitrogens with zero attached hydrogens (tertiary/aromatic N) is 4. The summed E-state index contributed by atoms with van der Waals surface area (Å²) in [5.41, 5.74) is 1.49.